The van der Waals surface area contributed by atoms with Crippen molar-refractivity contribution in [2.24, 2.45) is 0 Å². The molecule has 0 aliphatic rings. The Labute approximate surface area is 99.1 Å². The third-order valence-electron chi connectivity index (χ3n) is 2.17. The minimum Gasteiger partial charge on any atom is -0.283 e. The Kier molecular flexibility index (Phi) is 3.03. The molecule has 0 aliphatic carbocycles. The maximum Gasteiger partial charge on any atom is 0.246 e. The normalized spacial score (nSPS) is 11.6. The zero-order valence-corrected chi connectivity index (χ0v) is 9.92. The predicted molar refractivity (Wildman–Crippen MR) is 67.2 cm³/mol. The largest absolute Gasteiger partial charge is 0.283 e. The van der Waals surface area contributed by atoms with Gasteiger partial charge >= 0.3 is 0 Å². The molecule has 0 unspecified atom stereocenters. The van der Waals surface area contributed by atoms with Gasteiger partial charge in [-0.25, -0.2) is 8.42 Å². The molecule has 0 aliphatic heterocycles. The molecule has 0 fully saturated rings. The number of anilines is 1. The number of hydrogen-bond acceptors (Lipinski definition) is 2. The SMILES string of the molecule is O=S(=O)(CCl)Nc1ccc2ccccc2c1. The zero-order valence-electron chi connectivity index (χ0n) is 8.35. The Hall–Kier alpha value is -1.26. The number of halogens is 1. The molecule has 5 heteroatoms. The summed E-state index contributed by atoms with van der Waals surface area (Å²) in [7, 11) is -3.43. The van der Waals surface area contributed by atoms with Crippen molar-refractivity contribution in [3.63, 3.8) is 0 Å². The standard InChI is InChI=1S/C11H10ClNO2S/c12-8-16(14,15)13-11-6-5-9-3-1-2-4-10(9)7-11/h1-7,13H,8H2. The smallest absolute Gasteiger partial charge is 0.246 e. The van der Waals surface area contributed by atoms with E-state index in [4.69, 9.17) is 11.6 Å². The van der Waals surface area contributed by atoms with Crippen LogP contribution in [0.25, 0.3) is 10.8 Å². The Morgan fingerprint density at radius 2 is 1.75 bits per heavy atom. The van der Waals surface area contributed by atoms with E-state index in [0.717, 1.165) is 10.8 Å². The van der Waals surface area contributed by atoms with Crippen molar-refractivity contribution in [1.82, 2.24) is 0 Å². The van der Waals surface area contributed by atoms with Gasteiger partial charge in [-0.1, -0.05) is 30.3 Å². The predicted octanol–water partition coefficient (Wildman–Crippen LogP) is 2.78. The fourth-order valence-electron chi connectivity index (χ4n) is 1.46. The van der Waals surface area contributed by atoms with Crippen molar-refractivity contribution in [3.8, 4) is 0 Å². The van der Waals surface area contributed by atoms with Gasteiger partial charge in [0.2, 0.25) is 10.0 Å². The minimum atomic E-state index is -3.43. The van der Waals surface area contributed by atoms with Crippen LogP contribution in [0.15, 0.2) is 42.5 Å². The molecule has 0 spiro atoms. The number of sulfonamides is 1. The van der Waals surface area contributed by atoms with E-state index in [1.165, 1.54) is 0 Å². The van der Waals surface area contributed by atoms with E-state index in [0.29, 0.717) is 5.69 Å². The third kappa shape index (κ3) is 2.46. The van der Waals surface area contributed by atoms with Crippen LogP contribution >= 0.6 is 11.6 Å². The molecule has 2 aromatic rings. The van der Waals surface area contributed by atoms with Crippen molar-refractivity contribution in [2.75, 3.05) is 9.93 Å². The van der Waals surface area contributed by atoms with Gasteiger partial charge in [0.25, 0.3) is 0 Å². The molecule has 0 atom stereocenters. The summed E-state index contributed by atoms with van der Waals surface area (Å²) in [5.41, 5.74) is 0.527. The van der Waals surface area contributed by atoms with Gasteiger partial charge < -0.3 is 0 Å². The van der Waals surface area contributed by atoms with Gasteiger partial charge in [-0.15, -0.1) is 11.6 Å². The van der Waals surface area contributed by atoms with Crippen LogP contribution in [-0.4, -0.2) is 13.6 Å². The lowest BCUT2D eigenvalue weighted by Crippen LogP contribution is -2.13. The van der Waals surface area contributed by atoms with Gasteiger partial charge in [-0.2, -0.15) is 0 Å². The molecule has 0 radical (unpaired) electrons. The summed E-state index contributed by atoms with van der Waals surface area (Å²) in [6, 6.07) is 13.1. The lowest BCUT2D eigenvalue weighted by atomic mass is 10.1. The second-order valence-electron chi connectivity index (χ2n) is 3.39. The van der Waals surface area contributed by atoms with Gasteiger partial charge in [0.05, 0.1) is 0 Å². The summed E-state index contributed by atoms with van der Waals surface area (Å²) in [4.78, 5) is 0. The summed E-state index contributed by atoms with van der Waals surface area (Å²) in [6.07, 6.45) is 0. The van der Waals surface area contributed by atoms with E-state index in [1.54, 1.807) is 12.1 Å². The van der Waals surface area contributed by atoms with Crippen LogP contribution in [0.5, 0.6) is 0 Å². The van der Waals surface area contributed by atoms with Gasteiger partial charge in [0, 0.05) is 5.69 Å². The van der Waals surface area contributed by atoms with Crippen LogP contribution in [0, 0.1) is 0 Å². The van der Waals surface area contributed by atoms with Gasteiger partial charge in [0.1, 0.15) is 5.21 Å². The van der Waals surface area contributed by atoms with Crippen molar-refractivity contribution >= 4 is 38.1 Å². The average Bonchev–Trinajstić information content (AvgIpc) is 2.28. The first-order valence-corrected chi connectivity index (χ1v) is 6.85. The zero-order chi connectivity index (χ0) is 11.6. The van der Waals surface area contributed by atoms with Crippen molar-refractivity contribution in [1.29, 1.82) is 0 Å². The lowest BCUT2D eigenvalue weighted by molar-refractivity contribution is 0.605. The molecule has 2 rings (SSSR count). The summed E-state index contributed by atoms with van der Waals surface area (Å²) in [5, 5.41) is 1.61. The van der Waals surface area contributed by atoms with Crippen LogP contribution in [0.3, 0.4) is 0 Å². The minimum absolute atomic E-state index is 0.445. The van der Waals surface area contributed by atoms with Gasteiger partial charge in [0.15, 0.2) is 0 Å². The first kappa shape index (κ1) is 11.2. The second kappa shape index (κ2) is 4.31. The fraction of sp³-hybridized carbons (Fsp3) is 0.0909. The van der Waals surface area contributed by atoms with Crippen LogP contribution in [0.1, 0.15) is 0 Å². The molecule has 0 amide bonds. The molecular weight excluding hydrogens is 246 g/mol. The number of hydrogen-bond donors (Lipinski definition) is 1. The summed E-state index contributed by atoms with van der Waals surface area (Å²) < 4.78 is 24.9. The molecule has 3 nitrogen and oxygen atoms in total. The first-order valence-electron chi connectivity index (χ1n) is 4.66. The Bertz CT molecular complexity index is 610. The molecule has 0 saturated heterocycles. The van der Waals surface area contributed by atoms with Crippen LogP contribution in [-0.2, 0) is 10.0 Å². The highest BCUT2D eigenvalue weighted by Crippen LogP contribution is 2.19. The quantitative estimate of drug-likeness (QED) is 0.858. The number of rotatable bonds is 3. The highest BCUT2D eigenvalue weighted by Gasteiger charge is 2.07. The van der Waals surface area contributed by atoms with E-state index in [-0.39, 0.29) is 0 Å². The molecule has 84 valence electrons. The maximum atomic E-state index is 11.3. The molecular formula is C11H10ClNO2S. The Morgan fingerprint density at radius 3 is 2.44 bits per heavy atom. The monoisotopic (exact) mass is 255 g/mol. The van der Waals surface area contributed by atoms with Crippen LogP contribution in [0.4, 0.5) is 5.69 Å². The molecule has 16 heavy (non-hydrogen) atoms. The average molecular weight is 256 g/mol. The lowest BCUT2D eigenvalue weighted by Gasteiger charge is -2.06. The highest BCUT2D eigenvalue weighted by atomic mass is 35.5. The summed E-state index contributed by atoms with van der Waals surface area (Å²) in [5.74, 6) is 0. The number of benzene rings is 2. The molecule has 0 bridgehead atoms. The number of fused-ring (bicyclic) bond motifs is 1. The third-order valence-corrected chi connectivity index (χ3v) is 3.86. The molecule has 0 heterocycles. The van der Waals surface area contributed by atoms with Crippen molar-refractivity contribution in [3.05, 3.63) is 42.5 Å². The van der Waals surface area contributed by atoms with E-state index in [2.05, 4.69) is 4.72 Å². The van der Waals surface area contributed by atoms with Crippen LogP contribution in [0.2, 0.25) is 0 Å². The summed E-state index contributed by atoms with van der Waals surface area (Å²) in [6.45, 7) is 0. The van der Waals surface area contributed by atoms with Crippen LogP contribution < -0.4 is 4.72 Å². The molecule has 0 saturated carbocycles. The molecule has 0 aromatic heterocycles. The van der Waals surface area contributed by atoms with Gasteiger partial charge in [-0.3, -0.25) is 4.72 Å². The van der Waals surface area contributed by atoms with E-state index in [9.17, 15) is 8.42 Å². The number of nitrogens with one attached hydrogen (secondary N) is 1. The molecule has 1 N–H and O–H groups in total. The Morgan fingerprint density at radius 1 is 1.06 bits per heavy atom. The topological polar surface area (TPSA) is 46.2 Å². The van der Waals surface area contributed by atoms with E-state index in [1.807, 2.05) is 30.3 Å². The summed E-state index contributed by atoms with van der Waals surface area (Å²) >= 11 is 5.31. The van der Waals surface area contributed by atoms with Gasteiger partial charge in [-0.05, 0) is 22.9 Å². The second-order valence-corrected chi connectivity index (χ2v) is 5.69. The van der Waals surface area contributed by atoms with Crippen molar-refractivity contribution < 1.29 is 8.42 Å². The fourth-order valence-corrected chi connectivity index (χ4v) is 2.16. The first-order chi connectivity index (χ1) is 7.61. The van der Waals surface area contributed by atoms with E-state index < -0.39 is 15.2 Å². The van der Waals surface area contributed by atoms with Crippen molar-refractivity contribution in [2.45, 2.75) is 0 Å². The molecule has 2 aromatic carbocycles. The number of alkyl halides is 1. The Balaban J connectivity index is 2.40. The van der Waals surface area contributed by atoms with E-state index >= 15 is 0 Å². The highest BCUT2D eigenvalue weighted by molar-refractivity contribution is 7.93. The maximum absolute atomic E-state index is 11.3.